The van der Waals surface area contributed by atoms with Crippen molar-refractivity contribution < 1.29 is 129 Å². The van der Waals surface area contributed by atoms with Crippen LogP contribution in [0, 0.1) is 74.4 Å². The maximum Gasteiger partial charge on any atom is 0.335 e. The second-order valence-electron chi connectivity index (χ2n) is 42.6. The van der Waals surface area contributed by atoms with Gasteiger partial charge in [-0.2, -0.15) is 0 Å². The lowest BCUT2D eigenvalue weighted by atomic mass is 9.47. The lowest BCUT2D eigenvalue weighted by Gasteiger charge is -2.57. The Kier molecular flexibility index (Phi) is 39.1. The number of aliphatic hydroxyl groups is 1. The van der Waals surface area contributed by atoms with E-state index in [4.69, 9.17) is 57.1 Å². The van der Waals surface area contributed by atoms with E-state index in [2.05, 4.69) is 65.2 Å². The molecule has 11 fully saturated rings. The molecule has 17 atom stereocenters. The van der Waals surface area contributed by atoms with Crippen molar-refractivity contribution in [1.29, 1.82) is 0 Å². The maximum absolute atomic E-state index is 12.9. The average molecular weight is 1940 g/mol. The van der Waals surface area contributed by atoms with Crippen LogP contribution >= 0.6 is 0 Å². The van der Waals surface area contributed by atoms with Crippen LogP contribution in [0.3, 0.4) is 0 Å². The molecule has 15 rings (SSSR count). The van der Waals surface area contributed by atoms with Crippen molar-refractivity contribution >= 4 is 82.5 Å². The number of nitrogens with one attached hydrogen (secondary N) is 1. The van der Waals surface area contributed by atoms with Crippen molar-refractivity contribution in [3.63, 3.8) is 0 Å². The maximum atomic E-state index is 12.9. The summed E-state index contributed by atoms with van der Waals surface area (Å²) in [6.07, 6.45) is 33.6. The first-order valence-corrected chi connectivity index (χ1v) is 52.3. The van der Waals surface area contributed by atoms with Gasteiger partial charge in [0.05, 0.1) is 122 Å². The first kappa shape index (κ1) is 108. The number of hydrogen-bond acceptors (Lipinski definition) is 27. The van der Waals surface area contributed by atoms with E-state index in [1.807, 2.05) is 18.2 Å². The number of amides is 5. The van der Waals surface area contributed by atoms with Crippen LogP contribution < -0.4 is 10.1 Å². The van der Waals surface area contributed by atoms with Gasteiger partial charge in [0.25, 0.3) is 23.6 Å². The number of imide groups is 1. The Morgan fingerprint density at radius 1 is 0.374 bits per heavy atom. The van der Waals surface area contributed by atoms with Gasteiger partial charge in [0.2, 0.25) is 5.91 Å². The topological polar surface area (TPSA) is 392 Å². The molecule has 14 aliphatic rings. The average Bonchev–Trinajstić information content (AvgIpc) is 1.64. The SMILES string of the molecule is C=C1CCC(=O)N1OC(=O)CCC(=O)OC1CCC2C3CCC4=CC(=O)CCC4(C)C3CCC12C.C=C1CCC(=O)N1OC(=O)CCOCCOCCOCCOCCCC(=O)CCC(=O)OC1CCC2C3CCC4=CC(=O)CCC4(C)C3CCC12C.CC12CCC3c4ccc(OCCC(=O)NCCOCCOCCCC(=O)CCCCCCC(=O)ON5C(=O)CCC5=O)cc4CCC3C1CCC2O. The number of ether oxygens (including phenoxy) is 9. The van der Waals surface area contributed by atoms with Crippen molar-refractivity contribution in [1.82, 2.24) is 20.5 Å². The predicted octanol–water partition coefficient (Wildman–Crippen LogP) is 15.5. The van der Waals surface area contributed by atoms with Crippen LogP contribution in [0.1, 0.15) is 328 Å². The molecule has 31 nitrogen and oxygen atoms in total. The molecule has 0 radical (unpaired) electrons. The van der Waals surface area contributed by atoms with Gasteiger partial charge in [0, 0.05) is 101 Å². The molecule has 768 valence electrons. The molecule has 0 bridgehead atoms. The lowest BCUT2D eigenvalue weighted by Crippen LogP contribution is -2.51. The smallest absolute Gasteiger partial charge is 0.335 e. The summed E-state index contributed by atoms with van der Waals surface area (Å²) in [6.45, 7) is 24.4. The molecule has 5 amide bonds. The van der Waals surface area contributed by atoms with Crippen LogP contribution in [0.15, 0.2) is 66.0 Å². The third kappa shape index (κ3) is 27.6. The molecule has 139 heavy (non-hydrogen) atoms. The van der Waals surface area contributed by atoms with Gasteiger partial charge in [-0.15, -0.1) is 15.2 Å². The number of nitrogens with zero attached hydrogens (tertiary/aromatic N) is 3. The Morgan fingerprint density at radius 2 is 0.806 bits per heavy atom. The number of rotatable bonds is 48. The molecule has 1 aromatic carbocycles. The molecule has 3 heterocycles. The molecule has 17 unspecified atom stereocenters. The van der Waals surface area contributed by atoms with Gasteiger partial charge in [-0.25, -0.2) is 14.4 Å². The van der Waals surface area contributed by atoms with Crippen LogP contribution in [0.5, 0.6) is 5.75 Å². The van der Waals surface area contributed by atoms with E-state index < -0.39 is 29.7 Å². The number of aliphatic hydroxyl groups excluding tert-OH is 1. The van der Waals surface area contributed by atoms with Crippen LogP contribution in [0.25, 0.3) is 0 Å². The number of allylic oxidation sites excluding steroid dienone is 4. The van der Waals surface area contributed by atoms with Crippen LogP contribution in [0.4, 0.5) is 0 Å². The van der Waals surface area contributed by atoms with Gasteiger partial charge in [-0.3, -0.25) is 52.7 Å². The third-order valence-electron chi connectivity index (χ3n) is 34.1. The Balaban J connectivity index is 0.000000179. The number of hydrogen-bond donors (Lipinski definition) is 2. The number of fused-ring (bicyclic) bond motifs is 15. The Labute approximate surface area is 819 Å². The molecule has 3 aliphatic heterocycles. The van der Waals surface area contributed by atoms with Gasteiger partial charge >= 0.3 is 29.8 Å². The molecule has 31 heteroatoms. The van der Waals surface area contributed by atoms with E-state index in [0.717, 1.165) is 157 Å². The van der Waals surface area contributed by atoms with E-state index in [-0.39, 0.29) is 169 Å². The molecular formula is C108H154N4O27. The molecule has 2 N–H and O–H groups in total. The second-order valence-corrected chi connectivity index (χ2v) is 42.6. The van der Waals surface area contributed by atoms with Crippen molar-refractivity contribution in [2.45, 2.75) is 341 Å². The van der Waals surface area contributed by atoms with Gasteiger partial charge in [-0.1, -0.05) is 77.8 Å². The largest absolute Gasteiger partial charge is 0.493 e. The number of unbranched alkanes of at least 4 members (excludes halogenated alkanes) is 3. The van der Waals surface area contributed by atoms with Crippen LogP contribution in [0.2, 0.25) is 0 Å². The highest BCUT2D eigenvalue weighted by molar-refractivity contribution is 6.01. The highest BCUT2D eigenvalue weighted by atomic mass is 16.7. The molecule has 1 aromatic rings. The Hall–Kier alpha value is -8.72. The van der Waals surface area contributed by atoms with Gasteiger partial charge in [-0.05, 0) is 272 Å². The highest BCUT2D eigenvalue weighted by Crippen LogP contribution is 2.68. The van der Waals surface area contributed by atoms with Crippen molar-refractivity contribution in [2.24, 2.45) is 74.4 Å². The number of benzene rings is 1. The highest BCUT2D eigenvalue weighted by Gasteiger charge is 2.63. The van der Waals surface area contributed by atoms with Crippen LogP contribution in [-0.4, -0.2) is 214 Å². The molecular weight excluding hydrogens is 1790 g/mol. The summed E-state index contributed by atoms with van der Waals surface area (Å²) in [5.41, 5.74) is 6.83. The third-order valence-corrected chi connectivity index (χ3v) is 34.1. The van der Waals surface area contributed by atoms with E-state index >= 15 is 0 Å². The Bertz CT molecular complexity index is 4590. The van der Waals surface area contributed by atoms with Crippen LogP contribution in [-0.2, 0) is 126 Å². The van der Waals surface area contributed by atoms with Crippen molar-refractivity contribution in [3.8, 4) is 5.75 Å². The van der Waals surface area contributed by atoms with Gasteiger partial charge < -0.3 is 67.6 Å². The molecule has 8 saturated carbocycles. The van der Waals surface area contributed by atoms with E-state index in [0.29, 0.717) is 226 Å². The molecule has 0 aromatic heterocycles. The fraction of sp³-hybridized carbons (Fsp3) is 0.741. The van der Waals surface area contributed by atoms with Gasteiger partial charge in [0.1, 0.15) is 29.5 Å². The summed E-state index contributed by atoms with van der Waals surface area (Å²) in [7, 11) is 0. The number of carbonyl (C=O) groups is 14. The zero-order valence-electron chi connectivity index (χ0n) is 83.1. The van der Waals surface area contributed by atoms with E-state index in [1.165, 1.54) is 28.7 Å². The summed E-state index contributed by atoms with van der Waals surface area (Å²) >= 11 is 0. The zero-order valence-corrected chi connectivity index (χ0v) is 83.1. The summed E-state index contributed by atoms with van der Waals surface area (Å²) in [5, 5.41) is 16.0. The fourth-order valence-electron chi connectivity index (χ4n) is 26.3. The lowest BCUT2D eigenvalue weighted by molar-refractivity contribution is -0.197. The number of carbonyl (C=O) groups excluding carboxylic acids is 14. The first-order chi connectivity index (χ1) is 66.8. The molecule has 11 aliphatic carbocycles. The van der Waals surface area contributed by atoms with Crippen molar-refractivity contribution in [2.75, 3.05) is 92.4 Å². The summed E-state index contributed by atoms with van der Waals surface area (Å²) in [4.78, 5) is 184. The molecule has 0 spiro atoms. The standard InChI is InChI=1S/C40H58N2O10.C40H59NO11.C28H37NO6/c1-40-20-18-32-31-13-11-30(27-28(31)10-12-33(32)34(40)14-15-35(40)44)51-23-19-36(45)41-21-24-50-26-25-49-22-6-8-29(43)7-4-2-3-5-9-39(48)52-42-37(46)16-17-38(42)47;1-28-6-12-36(44)41(28)52-38(46)16-20-48-22-24-50-26-25-49-23-21-47-19-4-5-30(42)8-13-37(45)51-35-11-10-33-32-9-7-29-27-31(43)14-17-39(29,2)34(32)15-18-40(33,35)3;1-17-4-9-24(31)29(17)35-26(33)11-10-25(32)34-23-8-7-21-20-6-5-18-16-19(30)12-14-27(18,2)22(20)13-15-28(21,23)3/h11,13,27,32-35,44H,2-10,12,14-26H2,1H3,(H,41,45);27,32-35H,1,4-26H2,2-3H3;16,20-23H,1,4-15H2,2-3H3. The number of esters is 2. The van der Waals surface area contributed by atoms with E-state index in [9.17, 15) is 72.2 Å². The van der Waals surface area contributed by atoms with Gasteiger partial charge in [0.15, 0.2) is 11.6 Å². The second kappa shape index (κ2) is 50.5. The fourth-order valence-corrected chi connectivity index (χ4v) is 26.3. The summed E-state index contributed by atoms with van der Waals surface area (Å²) in [6, 6.07) is 6.45. The minimum Gasteiger partial charge on any atom is -0.493 e. The van der Waals surface area contributed by atoms with Crippen molar-refractivity contribution in [3.05, 3.63) is 77.2 Å². The van der Waals surface area contributed by atoms with E-state index in [1.54, 1.807) is 0 Å². The quantitative estimate of drug-likeness (QED) is 0.0347. The summed E-state index contributed by atoms with van der Waals surface area (Å²) < 4.78 is 51.0. The number of ketones is 4. The minimum absolute atomic E-state index is 0.0126. The zero-order chi connectivity index (χ0) is 99.0. The normalized spacial score (nSPS) is 30.1. The first-order valence-electron chi connectivity index (χ1n) is 52.3. The number of hydroxylamine groups is 6. The summed E-state index contributed by atoms with van der Waals surface area (Å²) in [5.74, 6) is 2.98. The monoisotopic (exact) mass is 1940 g/mol. The predicted molar refractivity (Wildman–Crippen MR) is 507 cm³/mol. The Morgan fingerprint density at radius 3 is 1.35 bits per heavy atom. The number of aryl methyl sites for hydroxylation is 1. The minimum atomic E-state index is -0.625. The number of Topliss-reactive ketones (excluding diaryl/α,β-unsaturated/α-hetero) is 2. The molecule has 3 saturated heterocycles.